The highest BCUT2D eigenvalue weighted by molar-refractivity contribution is 5.89. The van der Waals surface area contributed by atoms with Crippen LogP contribution in [0.15, 0.2) is 16.5 Å². The monoisotopic (exact) mass is 217 g/mol. The minimum atomic E-state index is -2.55. The molecule has 0 aromatic heterocycles. The summed E-state index contributed by atoms with van der Waals surface area (Å²) in [5, 5.41) is 36.2. The van der Waals surface area contributed by atoms with E-state index in [-0.39, 0.29) is 0 Å². The Morgan fingerprint density at radius 1 is 1.53 bits per heavy atom. The number of aliphatic imine (C=N–C) groups is 1. The molecular weight excluding hydrogens is 210 g/mol. The molecule has 0 aromatic rings. The molecule has 4 N–H and O–H groups in total. The first-order valence-corrected chi connectivity index (χ1v) is 3.71. The molecule has 15 heavy (non-hydrogen) atoms. The van der Waals surface area contributed by atoms with Crippen molar-refractivity contribution in [1.82, 2.24) is 0 Å². The maximum atomic E-state index is 10.7. The van der Waals surface area contributed by atoms with Gasteiger partial charge >= 0.3 is 5.97 Å². The number of esters is 1. The van der Waals surface area contributed by atoms with E-state index in [9.17, 15) is 14.7 Å². The summed E-state index contributed by atoms with van der Waals surface area (Å²) in [6, 6.07) is 0. The highest BCUT2D eigenvalue weighted by Crippen LogP contribution is 2.28. The number of aliphatic hydroxyl groups excluding tert-OH is 3. The molecule has 0 radical (unpaired) electrons. The number of isocyanates is 1. The third-order valence-electron chi connectivity index (χ3n) is 1.80. The van der Waals surface area contributed by atoms with Crippen LogP contribution in [0, 0.1) is 0 Å². The summed E-state index contributed by atoms with van der Waals surface area (Å²) in [4.78, 5) is 23.5. The van der Waals surface area contributed by atoms with Gasteiger partial charge in [-0.1, -0.05) is 0 Å². The number of hydrogen-bond acceptors (Lipinski definition) is 8. The molecule has 8 nitrogen and oxygen atoms in total. The summed E-state index contributed by atoms with van der Waals surface area (Å²) in [6.07, 6.45) is -0.878. The number of nitrogens with zero attached hydrogens (tertiary/aromatic N) is 1. The molecule has 1 heterocycles. The summed E-state index contributed by atoms with van der Waals surface area (Å²) >= 11 is 0. The zero-order valence-electron chi connectivity index (χ0n) is 7.25. The van der Waals surface area contributed by atoms with Gasteiger partial charge in [-0.3, -0.25) is 0 Å². The van der Waals surface area contributed by atoms with Crippen LogP contribution in [0.3, 0.4) is 0 Å². The van der Waals surface area contributed by atoms with Gasteiger partial charge < -0.3 is 25.2 Å². The van der Waals surface area contributed by atoms with Crippen molar-refractivity contribution < 1.29 is 34.8 Å². The first-order valence-electron chi connectivity index (χ1n) is 3.71. The number of rotatable bonds is 3. The van der Waals surface area contributed by atoms with Gasteiger partial charge in [0.25, 0.3) is 0 Å². The summed E-state index contributed by atoms with van der Waals surface area (Å²) in [6.45, 7) is -1.10. The van der Waals surface area contributed by atoms with Crippen LogP contribution >= 0.6 is 0 Å². The SMILES string of the molecule is O=C=N[C@](O)(CO)[C@H]1OC(=O)C(O)=C1O. The van der Waals surface area contributed by atoms with Crippen molar-refractivity contribution in [2.24, 2.45) is 4.99 Å². The number of carbonyl (C=O) groups is 1. The number of aliphatic hydroxyl groups is 4. The molecule has 0 unspecified atom stereocenters. The summed E-state index contributed by atoms with van der Waals surface area (Å²) in [5.74, 6) is -3.39. The van der Waals surface area contributed by atoms with Crippen molar-refractivity contribution in [3.63, 3.8) is 0 Å². The topological polar surface area (TPSA) is 137 Å². The lowest BCUT2D eigenvalue weighted by atomic mass is 10.1. The summed E-state index contributed by atoms with van der Waals surface area (Å²) in [5.41, 5.74) is -2.55. The van der Waals surface area contributed by atoms with Crippen molar-refractivity contribution in [3.8, 4) is 0 Å². The highest BCUT2D eigenvalue weighted by Gasteiger charge is 2.49. The van der Waals surface area contributed by atoms with Crippen molar-refractivity contribution in [2.75, 3.05) is 6.61 Å². The minimum absolute atomic E-state index is 0.945. The molecule has 1 aliphatic rings. The average molecular weight is 217 g/mol. The standard InChI is InChI=1S/C7H7NO7/c9-1-7(14,8-2-10)5-3(11)4(12)6(13)15-5/h5,9,11-12,14H,1H2/t5-,7-/m0/s1. The van der Waals surface area contributed by atoms with Gasteiger partial charge in [0.1, 0.15) is 0 Å². The molecule has 0 amide bonds. The van der Waals surface area contributed by atoms with Gasteiger partial charge in [0, 0.05) is 0 Å². The molecule has 2 atom stereocenters. The second-order valence-corrected chi connectivity index (χ2v) is 2.76. The van der Waals surface area contributed by atoms with Gasteiger partial charge in [-0.15, -0.1) is 0 Å². The molecule has 0 aromatic carbocycles. The predicted molar refractivity (Wildman–Crippen MR) is 42.3 cm³/mol. The minimum Gasteiger partial charge on any atom is -0.505 e. The summed E-state index contributed by atoms with van der Waals surface area (Å²) < 4.78 is 4.30. The normalized spacial score (nSPS) is 24.4. The Hall–Kier alpha value is -1.89. The number of cyclic esters (lactones) is 1. The fraction of sp³-hybridized carbons (Fsp3) is 0.429. The lowest BCUT2D eigenvalue weighted by Gasteiger charge is -2.24. The van der Waals surface area contributed by atoms with E-state index < -0.39 is 35.9 Å². The molecular formula is C7H7NO7. The zero-order valence-corrected chi connectivity index (χ0v) is 7.25. The van der Waals surface area contributed by atoms with Crippen LogP contribution in [-0.4, -0.2) is 50.9 Å². The van der Waals surface area contributed by atoms with Gasteiger partial charge in [0.2, 0.25) is 23.7 Å². The van der Waals surface area contributed by atoms with Crippen molar-refractivity contribution >= 4 is 12.0 Å². The first kappa shape index (κ1) is 11.2. The van der Waals surface area contributed by atoms with E-state index in [2.05, 4.69) is 9.73 Å². The van der Waals surface area contributed by atoms with Crippen molar-refractivity contribution in [2.45, 2.75) is 11.8 Å². The number of carbonyl (C=O) groups excluding carboxylic acids is 2. The molecule has 0 aliphatic carbocycles. The van der Waals surface area contributed by atoms with Gasteiger partial charge in [-0.05, 0) is 0 Å². The highest BCUT2D eigenvalue weighted by atomic mass is 16.6. The van der Waals surface area contributed by atoms with Gasteiger partial charge in [-0.25, -0.2) is 9.59 Å². The van der Waals surface area contributed by atoms with Crippen LogP contribution in [0.1, 0.15) is 0 Å². The molecule has 82 valence electrons. The van der Waals surface area contributed by atoms with E-state index in [0.29, 0.717) is 0 Å². The first-order chi connectivity index (χ1) is 6.96. The molecule has 0 bridgehead atoms. The Morgan fingerprint density at radius 2 is 2.13 bits per heavy atom. The van der Waals surface area contributed by atoms with Crippen LogP contribution in [0.4, 0.5) is 0 Å². The van der Waals surface area contributed by atoms with Crippen LogP contribution < -0.4 is 0 Å². The van der Waals surface area contributed by atoms with Crippen LogP contribution in [0.5, 0.6) is 0 Å². The number of hydrogen-bond donors (Lipinski definition) is 4. The van der Waals surface area contributed by atoms with E-state index in [1.165, 1.54) is 0 Å². The second kappa shape index (κ2) is 3.70. The van der Waals surface area contributed by atoms with E-state index in [1.54, 1.807) is 0 Å². The average Bonchev–Trinajstić information content (AvgIpc) is 2.47. The van der Waals surface area contributed by atoms with Crippen molar-refractivity contribution in [1.29, 1.82) is 0 Å². The summed E-state index contributed by atoms with van der Waals surface area (Å²) in [7, 11) is 0. The quantitative estimate of drug-likeness (QED) is 0.250. The molecule has 1 aliphatic heterocycles. The number of ether oxygens (including phenoxy) is 1. The van der Waals surface area contributed by atoms with E-state index in [4.69, 9.17) is 15.3 Å². The Bertz CT molecular complexity index is 370. The van der Waals surface area contributed by atoms with Crippen LogP contribution in [0.25, 0.3) is 0 Å². The zero-order chi connectivity index (χ0) is 11.6. The lowest BCUT2D eigenvalue weighted by Crippen LogP contribution is -2.45. The van der Waals surface area contributed by atoms with Gasteiger partial charge in [0.15, 0.2) is 5.76 Å². The largest absolute Gasteiger partial charge is 0.505 e. The third-order valence-corrected chi connectivity index (χ3v) is 1.80. The van der Waals surface area contributed by atoms with Gasteiger partial charge in [0.05, 0.1) is 6.61 Å². The van der Waals surface area contributed by atoms with E-state index in [1.807, 2.05) is 0 Å². The smallest absolute Gasteiger partial charge is 0.378 e. The maximum absolute atomic E-state index is 10.7. The molecule has 1 rings (SSSR count). The molecule has 0 saturated carbocycles. The Balaban J connectivity index is 3.10. The van der Waals surface area contributed by atoms with E-state index >= 15 is 0 Å². The Kier molecular flexibility index (Phi) is 2.76. The Morgan fingerprint density at radius 3 is 2.47 bits per heavy atom. The molecule has 8 heteroatoms. The fourth-order valence-corrected chi connectivity index (χ4v) is 1.02. The van der Waals surface area contributed by atoms with E-state index in [0.717, 1.165) is 6.08 Å². The third kappa shape index (κ3) is 1.68. The molecule has 0 saturated heterocycles. The van der Waals surface area contributed by atoms with Crippen LogP contribution in [-0.2, 0) is 14.3 Å². The maximum Gasteiger partial charge on any atom is 0.378 e. The Labute approximate surface area is 82.7 Å². The van der Waals surface area contributed by atoms with Crippen LogP contribution in [0.2, 0.25) is 0 Å². The van der Waals surface area contributed by atoms with Gasteiger partial charge in [-0.2, -0.15) is 4.99 Å². The van der Waals surface area contributed by atoms with Crippen molar-refractivity contribution in [3.05, 3.63) is 11.5 Å². The molecule has 0 fully saturated rings. The lowest BCUT2D eigenvalue weighted by molar-refractivity contribution is -0.158. The molecule has 0 spiro atoms. The predicted octanol–water partition coefficient (Wildman–Crippen LogP) is -1.74. The fourth-order valence-electron chi connectivity index (χ4n) is 1.02. The second-order valence-electron chi connectivity index (χ2n) is 2.76.